The Kier molecular flexibility index (Phi) is 3.58. The van der Waals surface area contributed by atoms with Crippen LogP contribution in [0.5, 0.6) is 0 Å². The predicted octanol–water partition coefficient (Wildman–Crippen LogP) is 4.12. The van der Waals surface area contributed by atoms with Gasteiger partial charge in [-0.2, -0.15) is 0 Å². The smallest absolute Gasteiger partial charge is 0.128 e. The van der Waals surface area contributed by atoms with Crippen molar-refractivity contribution in [2.75, 3.05) is 6.54 Å². The fourth-order valence-corrected chi connectivity index (χ4v) is 3.19. The molecule has 1 nitrogen and oxygen atoms in total. The van der Waals surface area contributed by atoms with Crippen LogP contribution in [0.2, 0.25) is 0 Å². The molecule has 2 atom stereocenters. The average Bonchev–Trinajstić information content (AvgIpc) is 2.42. The summed E-state index contributed by atoms with van der Waals surface area (Å²) in [6.45, 7) is 4.93. The largest absolute Gasteiger partial charge is 0.310 e. The monoisotopic (exact) mass is 269 g/mol. The molecule has 0 aliphatic heterocycles. The van der Waals surface area contributed by atoms with Gasteiger partial charge in [0.05, 0.1) is 0 Å². The SMILES string of the molecule is CCNC(c1cc(C)ccc1F)C1Cc2ccccc21. The standard InChI is InChI=1S/C18H20FN/c1-3-20-18(16-10-12(2)8-9-17(16)19)15-11-13-6-4-5-7-14(13)15/h4-10,15,18,20H,3,11H2,1-2H3. The lowest BCUT2D eigenvalue weighted by Gasteiger charge is -2.37. The van der Waals surface area contributed by atoms with Crippen LogP contribution in [0.15, 0.2) is 42.5 Å². The summed E-state index contributed by atoms with van der Waals surface area (Å²) in [7, 11) is 0. The molecule has 1 aliphatic rings. The highest BCUT2D eigenvalue weighted by molar-refractivity contribution is 5.43. The van der Waals surface area contributed by atoms with Crippen LogP contribution in [-0.2, 0) is 6.42 Å². The zero-order valence-corrected chi connectivity index (χ0v) is 12.0. The van der Waals surface area contributed by atoms with Crippen molar-refractivity contribution in [1.82, 2.24) is 5.32 Å². The van der Waals surface area contributed by atoms with Crippen LogP contribution in [0.1, 0.15) is 41.1 Å². The third-order valence-corrected chi connectivity index (χ3v) is 4.21. The molecule has 0 saturated heterocycles. The van der Waals surface area contributed by atoms with Gasteiger partial charge in [-0.25, -0.2) is 4.39 Å². The molecule has 1 aliphatic carbocycles. The summed E-state index contributed by atoms with van der Waals surface area (Å²) in [6.07, 6.45) is 1.03. The molecule has 0 spiro atoms. The molecule has 2 unspecified atom stereocenters. The number of halogens is 1. The third kappa shape index (κ3) is 2.25. The summed E-state index contributed by atoms with van der Waals surface area (Å²) in [6, 6.07) is 13.9. The molecular weight excluding hydrogens is 249 g/mol. The Morgan fingerprint density at radius 3 is 2.80 bits per heavy atom. The van der Waals surface area contributed by atoms with Crippen molar-refractivity contribution >= 4 is 0 Å². The minimum Gasteiger partial charge on any atom is -0.310 e. The van der Waals surface area contributed by atoms with Gasteiger partial charge in [-0.3, -0.25) is 0 Å². The van der Waals surface area contributed by atoms with Crippen molar-refractivity contribution in [1.29, 1.82) is 0 Å². The first-order chi connectivity index (χ1) is 9.70. The van der Waals surface area contributed by atoms with Gasteiger partial charge in [-0.05, 0) is 37.1 Å². The summed E-state index contributed by atoms with van der Waals surface area (Å²) in [5.41, 5.74) is 4.66. The molecule has 3 rings (SSSR count). The van der Waals surface area contributed by atoms with Crippen molar-refractivity contribution in [3.8, 4) is 0 Å². The topological polar surface area (TPSA) is 12.0 Å². The molecule has 1 N–H and O–H groups in total. The molecule has 0 amide bonds. The number of benzene rings is 2. The highest BCUT2D eigenvalue weighted by Gasteiger charge is 2.34. The number of hydrogen-bond acceptors (Lipinski definition) is 1. The van der Waals surface area contributed by atoms with E-state index in [1.807, 2.05) is 19.1 Å². The van der Waals surface area contributed by atoms with E-state index in [1.165, 1.54) is 11.1 Å². The van der Waals surface area contributed by atoms with Gasteiger partial charge in [0.1, 0.15) is 5.82 Å². The van der Waals surface area contributed by atoms with E-state index in [0.717, 1.165) is 24.1 Å². The Labute approximate surface area is 119 Å². The molecule has 20 heavy (non-hydrogen) atoms. The maximum atomic E-state index is 14.2. The molecule has 2 aromatic carbocycles. The van der Waals surface area contributed by atoms with Crippen LogP contribution in [0, 0.1) is 12.7 Å². The lowest BCUT2D eigenvalue weighted by Crippen LogP contribution is -2.33. The molecular formula is C18H20FN. The molecule has 0 heterocycles. The molecule has 0 radical (unpaired) electrons. The predicted molar refractivity (Wildman–Crippen MR) is 80.4 cm³/mol. The maximum Gasteiger partial charge on any atom is 0.128 e. The van der Waals surface area contributed by atoms with Crippen molar-refractivity contribution in [2.24, 2.45) is 0 Å². The Hall–Kier alpha value is -1.67. The van der Waals surface area contributed by atoms with E-state index >= 15 is 0 Å². The van der Waals surface area contributed by atoms with E-state index in [9.17, 15) is 4.39 Å². The zero-order chi connectivity index (χ0) is 14.1. The number of rotatable bonds is 4. The Bertz CT molecular complexity index is 621. The number of hydrogen-bond donors (Lipinski definition) is 1. The lowest BCUT2D eigenvalue weighted by molar-refractivity contribution is 0.405. The molecule has 2 aromatic rings. The van der Waals surface area contributed by atoms with Gasteiger partial charge in [-0.15, -0.1) is 0 Å². The molecule has 0 saturated carbocycles. The molecule has 0 aromatic heterocycles. The summed E-state index contributed by atoms with van der Waals surface area (Å²) in [5.74, 6) is 0.272. The second-order valence-electron chi connectivity index (χ2n) is 5.57. The Morgan fingerprint density at radius 1 is 1.25 bits per heavy atom. The highest BCUT2D eigenvalue weighted by Crippen LogP contribution is 2.44. The van der Waals surface area contributed by atoms with Crippen molar-refractivity contribution in [2.45, 2.75) is 32.2 Å². The van der Waals surface area contributed by atoms with Gasteiger partial charge in [0.2, 0.25) is 0 Å². The Morgan fingerprint density at radius 2 is 2.05 bits per heavy atom. The summed E-state index contributed by atoms with van der Waals surface area (Å²) in [5, 5.41) is 3.47. The first kappa shape index (κ1) is 13.3. The number of aryl methyl sites for hydroxylation is 1. The van der Waals surface area contributed by atoms with Crippen LogP contribution < -0.4 is 5.32 Å². The third-order valence-electron chi connectivity index (χ3n) is 4.21. The van der Waals surface area contributed by atoms with Gasteiger partial charge in [-0.1, -0.05) is 48.9 Å². The highest BCUT2D eigenvalue weighted by atomic mass is 19.1. The second-order valence-corrected chi connectivity index (χ2v) is 5.57. The van der Waals surface area contributed by atoms with Crippen LogP contribution >= 0.6 is 0 Å². The molecule has 104 valence electrons. The fraction of sp³-hybridized carbons (Fsp3) is 0.333. The zero-order valence-electron chi connectivity index (χ0n) is 12.0. The second kappa shape index (κ2) is 5.37. The lowest BCUT2D eigenvalue weighted by atomic mass is 9.71. The van der Waals surface area contributed by atoms with E-state index < -0.39 is 0 Å². The van der Waals surface area contributed by atoms with Crippen molar-refractivity contribution in [3.63, 3.8) is 0 Å². The number of nitrogens with one attached hydrogen (secondary N) is 1. The normalized spacial score (nSPS) is 18.2. The minimum atomic E-state index is -0.106. The van der Waals surface area contributed by atoms with E-state index in [4.69, 9.17) is 0 Å². The molecule has 0 fully saturated rings. The van der Waals surface area contributed by atoms with E-state index in [-0.39, 0.29) is 11.9 Å². The van der Waals surface area contributed by atoms with Crippen molar-refractivity contribution in [3.05, 3.63) is 70.5 Å². The van der Waals surface area contributed by atoms with Gasteiger partial charge < -0.3 is 5.32 Å². The average molecular weight is 269 g/mol. The fourth-order valence-electron chi connectivity index (χ4n) is 3.19. The van der Waals surface area contributed by atoms with E-state index in [1.54, 1.807) is 6.07 Å². The summed E-state index contributed by atoms with van der Waals surface area (Å²) < 4.78 is 14.2. The first-order valence-electron chi connectivity index (χ1n) is 7.28. The van der Waals surface area contributed by atoms with Gasteiger partial charge in [0.15, 0.2) is 0 Å². The quantitative estimate of drug-likeness (QED) is 0.880. The van der Waals surface area contributed by atoms with E-state index in [0.29, 0.717) is 5.92 Å². The van der Waals surface area contributed by atoms with Gasteiger partial charge in [0.25, 0.3) is 0 Å². The minimum absolute atomic E-state index is 0.0646. The molecule has 0 bridgehead atoms. The van der Waals surface area contributed by atoms with Crippen LogP contribution in [-0.4, -0.2) is 6.54 Å². The first-order valence-corrected chi connectivity index (χ1v) is 7.28. The summed E-state index contributed by atoms with van der Waals surface area (Å²) >= 11 is 0. The van der Waals surface area contributed by atoms with Crippen LogP contribution in [0.25, 0.3) is 0 Å². The van der Waals surface area contributed by atoms with Crippen LogP contribution in [0.4, 0.5) is 4.39 Å². The van der Waals surface area contributed by atoms with Crippen LogP contribution in [0.3, 0.4) is 0 Å². The Balaban J connectivity index is 1.97. The van der Waals surface area contributed by atoms with E-state index in [2.05, 4.69) is 36.5 Å². The van der Waals surface area contributed by atoms with Gasteiger partial charge in [0, 0.05) is 17.5 Å². The maximum absolute atomic E-state index is 14.2. The van der Waals surface area contributed by atoms with Gasteiger partial charge >= 0.3 is 0 Å². The summed E-state index contributed by atoms with van der Waals surface area (Å²) in [4.78, 5) is 0. The molecule has 2 heteroatoms. The number of likely N-dealkylation sites (N-methyl/N-ethyl adjacent to an activating group) is 1. The van der Waals surface area contributed by atoms with Crippen molar-refractivity contribution < 1.29 is 4.39 Å². The number of fused-ring (bicyclic) bond motifs is 1.